The lowest BCUT2D eigenvalue weighted by atomic mass is 10.2. The molecule has 3 aromatic rings. The fraction of sp³-hybridized carbons (Fsp3) is 0. The van der Waals surface area contributed by atoms with Gasteiger partial charge in [-0.25, -0.2) is 13.2 Å². The van der Waals surface area contributed by atoms with Crippen molar-refractivity contribution in [3.05, 3.63) is 80.7 Å². The molecule has 0 spiro atoms. The molecular formula is C17H11Cl2N3O5S. The molecule has 28 heavy (non-hydrogen) atoms. The van der Waals surface area contributed by atoms with E-state index in [1.165, 1.54) is 54.7 Å². The Morgan fingerprint density at radius 1 is 1.04 bits per heavy atom. The lowest BCUT2D eigenvalue weighted by Gasteiger charge is -2.10. The van der Waals surface area contributed by atoms with Gasteiger partial charge in [-0.15, -0.1) is 0 Å². The Balaban J connectivity index is 1.87. The van der Waals surface area contributed by atoms with Crippen molar-refractivity contribution >= 4 is 44.9 Å². The van der Waals surface area contributed by atoms with Crippen molar-refractivity contribution in [3.63, 3.8) is 0 Å². The number of nitrogens with zero attached hydrogens (tertiary/aromatic N) is 2. The summed E-state index contributed by atoms with van der Waals surface area (Å²) in [4.78, 5) is 22.9. The summed E-state index contributed by atoms with van der Waals surface area (Å²) in [6.07, 6.45) is 1.21. The van der Waals surface area contributed by atoms with Crippen LogP contribution >= 0.6 is 23.2 Å². The summed E-state index contributed by atoms with van der Waals surface area (Å²) >= 11 is 11.5. The predicted octanol–water partition coefficient (Wildman–Crippen LogP) is 3.04. The zero-order valence-electron chi connectivity index (χ0n) is 13.8. The fourth-order valence-corrected chi connectivity index (χ4v) is 3.57. The van der Waals surface area contributed by atoms with Crippen LogP contribution in [0, 0.1) is 0 Å². The molecule has 0 aliphatic heterocycles. The van der Waals surface area contributed by atoms with Gasteiger partial charge in [-0.3, -0.25) is 9.52 Å². The molecule has 0 fully saturated rings. The Kier molecular flexibility index (Phi) is 5.41. The summed E-state index contributed by atoms with van der Waals surface area (Å²) in [5, 5.41) is 12.6. The van der Waals surface area contributed by atoms with Crippen LogP contribution in [0.3, 0.4) is 0 Å². The molecule has 1 heterocycles. The molecule has 11 heteroatoms. The first kappa shape index (κ1) is 19.9. The van der Waals surface area contributed by atoms with E-state index in [-0.39, 0.29) is 26.2 Å². The molecule has 2 N–H and O–H groups in total. The topological polar surface area (TPSA) is 118 Å². The maximum atomic E-state index is 12.5. The number of carbonyl (C=O) groups is 1. The molecule has 0 aliphatic carbocycles. The number of nitrogens with one attached hydrogen (secondary N) is 1. The number of carboxylic acid groups (broad SMARTS) is 1. The minimum Gasteiger partial charge on any atom is -0.478 e. The summed E-state index contributed by atoms with van der Waals surface area (Å²) in [6, 6.07) is 10.6. The van der Waals surface area contributed by atoms with Gasteiger partial charge in [0.15, 0.2) is 0 Å². The second-order valence-electron chi connectivity index (χ2n) is 5.51. The molecule has 8 nitrogen and oxygen atoms in total. The van der Waals surface area contributed by atoms with E-state index in [1.54, 1.807) is 0 Å². The standard InChI is InChI=1S/C17H11Cl2N3O5S/c18-14-9-20-22(16(23)15(14)19)12-5-7-13(8-6-12)28(26,27)21-11-3-1-10(2-4-11)17(24)25/h1-9,21H,(H,24,25). The van der Waals surface area contributed by atoms with Crippen molar-refractivity contribution in [1.82, 2.24) is 9.78 Å². The first-order valence-corrected chi connectivity index (χ1v) is 9.83. The highest BCUT2D eigenvalue weighted by Gasteiger charge is 2.16. The third-order valence-corrected chi connectivity index (χ3v) is 5.80. The van der Waals surface area contributed by atoms with E-state index in [1.807, 2.05) is 0 Å². The molecule has 0 aliphatic rings. The Labute approximate surface area is 169 Å². The molecule has 1 aromatic heterocycles. The van der Waals surface area contributed by atoms with Gasteiger partial charge in [-0.2, -0.15) is 9.78 Å². The number of benzene rings is 2. The SMILES string of the molecule is O=C(O)c1ccc(NS(=O)(=O)c2ccc(-n3ncc(Cl)c(Cl)c3=O)cc2)cc1. The van der Waals surface area contributed by atoms with Crippen LogP contribution in [-0.4, -0.2) is 29.3 Å². The number of aromatic carboxylic acids is 1. The van der Waals surface area contributed by atoms with Crippen LogP contribution in [0.15, 0.2) is 64.4 Å². The minimum atomic E-state index is -3.92. The fourth-order valence-electron chi connectivity index (χ4n) is 2.26. The van der Waals surface area contributed by atoms with Crippen LogP contribution in [0.25, 0.3) is 5.69 Å². The number of anilines is 1. The highest BCUT2D eigenvalue weighted by molar-refractivity contribution is 7.92. The van der Waals surface area contributed by atoms with Gasteiger partial charge in [0.25, 0.3) is 15.6 Å². The monoisotopic (exact) mass is 439 g/mol. The molecule has 0 bridgehead atoms. The van der Waals surface area contributed by atoms with Crippen LogP contribution in [0.4, 0.5) is 5.69 Å². The molecule has 144 valence electrons. The van der Waals surface area contributed by atoms with E-state index in [0.29, 0.717) is 5.69 Å². The van der Waals surface area contributed by atoms with Gasteiger partial charge in [-0.05, 0) is 48.5 Å². The summed E-state index contributed by atoms with van der Waals surface area (Å²) < 4.78 is 28.3. The van der Waals surface area contributed by atoms with Gasteiger partial charge in [0.1, 0.15) is 5.02 Å². The quantitative estimate of drug-likeness (QED) is 0.630. The molecule has 0 unspecified atom stereocenters. The van der Waals surface area contributed by atoms with Crippen molar-refractivity contribution < 1.29 is 18.3 Å². The molecule has 0 radical (unpaired) electrons. The number of hydrogen-bond acceptors (Lipinski definition) is 5. The number of hydrogen-bond donors (Lipinski definition) is 2. The largest absolute Gasteiger partial charge is 0.478 e. The maximum absolute atomic E-state index is 12.5. The third kappa shape index (κ3) is 4.01. The van der Waals surface area contributed by atoms with Crippen molar-refractivity contribution in [2.75, 3.05) is 4.72 Å². The normalized spacial score (nSPS) is 11.2. The maximum Gasteiger partial charge on any atom is 0.335 e. The highest BCUT2D eigenvalue weighted by Crippen LogP contribution is 2.19. The van der Waals surface area contributed by atoms with Crippen molar-refractivity contribution in [1.29, 1.82) is 0 Å². The Hall–Kier alpha value is -2.88. The molecule has 0 atom stereocenters. The van der Waals surface area contributed by atoms with Crippen molar-refractivity contribution in [2.45, 2.75) is 4.90 Å². The second-order valence-corrected chi connectivity index (χ2v) is 7.97. The average Bonchev–Trinajstić information content (AvgIpc) is 2.66. The van der Waals surface area contributed by atoms with E-state index in [9.17, 15) is 18.0 Å². The van der Waals surface area contributed by atoms with E-state index >= 15 is 0 Å². The number of rotatable bonds is 5. The van der Waals surface area contributed by atoms with Crippen molar-refractivity contribution in [2.24, 2.45) is 0 Å². The van der Waals surface area contributed by atoms with Crippen molar-refractivity contribution in [3.8, 4) is 5.69 Å². The van der Waals surface area contributed by atoms with Crippen LogP contribution < -0.4 is 10.3 Å². The van der Waals surface area contributed by atoms with Crippen LogP contribution in [0.1, 0.15) is 10.4 Å². The molecule has 2 aromatic carbocycles. The van der Waals surface area contributed by atoms with Crippen LogP contribution in [-0.2, 0) is 10.0 Å². The number of carboxylic acids is 1. The van der Waals surface area contributed by atoms with Gasteiger partial charge in [-0.1, -0.05) is 23.2 Å². The molecular weight excluding hydrogens is 429 g/mol. The molecule has 0 saturated carbocycles. The van der Waals surface area contributed by atoms with E-state index in [4.69, 9.17) is 28.3 Å². The Bertz CT molecular complexity index is 1210. The Morgan fingerprint density at radius 2 is 1.64 bits per heavy atom. The molecule has 0 amide bonds. The summed E-state index contributed by atoms with van der Waals surface area (Å²) in [6.45, 7) is 0. The highest BCUT2D eigenvalue weighted by atomic mass is 35.5. The first-order valence-electron chi connectivity index (χ1n) is 7.59. The van der Waals surface area contributed by atoms with Gasteiger partial charge < -0.3 is 5.11 Å². The lowest BCUT2D eigenvalue weighted by Crippen LogP contribution is -2.21. The number of sulfonamides is 1. The average molecular weight is 440 g/mol. The summed E-state index contributed by atoms with van der Waals surface area (Å²) in [5.74, 6) is -1.11. The number of halogens is 2. The Morgan fingerprint density at radius 3 is 2.21 bits per heavy atom. The molecule has 0 saturated heterocycles. The van der Waals surface area contributed by atoms with Crippen LogP contribution in [0.5, 0.6) is 0 Å². The molecule has 3 rings (SSSR count). The van der Waals surface area contributed by atoms with Gasteiger partial charge in [0.05, 0.1) is 27.4 Å². The first-order chi connectivity index (χ1) is 13.2. The van der Waals surface area contributed by atoms with E-state index in [0.717, 1.165) is 4.68 Å². The zero-order chi connectivity index (χ0) is 20.5. The second kappa shape index (κ2) is 7.63. The minimum absolute atomic E-state index is 0.0141. The van der Waals surface area contributed by atoms with Gasteiger partial charge in [0, 0.05) is 5.69 Å². The zero-order valence-corrected chi connectivity index (χ0v) is 16.2. The summed E-state index contributed by atoms with van der Waals surface area (Å²) in [5.41, 5.74) is -0.0990. The van der Waals surface area contributed by atoms with Gasteiger partial charge >= 0.3 is 5.97 Å². The predicted molar refractivity (Wildman–Crippen MR) is 104 cm³/mol. The number of aromatic nitrogens is 2. The van der Waals surface area contributed by atoms with E-state index in [2.05, 4.69) is 9.82 Å². The summed E-state index contributed by atoms with van der Waals surface area (Å²) in [7, 11) is -3.92. The smallest absolute Gasteiger partial charge is 0.335 e. The van der Waals surface area contributed by atoms with Gasteiger partial charge in [0.2, 0.25) is 0 Å². The third-order valence-electron chi connectivity index (χ3n) is 3.65. The van der Waals surface area contributed by atoms with E-state index < -0.39 is 21.6 Å². The lowest BCUT2D eigenvalue weighted by molar-refractivity contribution is 0.0697. The van der Waals surface area contributed by atoms with Crippen LogP contribution in [0.2, 0.25) is 10.0 Å².